The fourth-order valence-electron chi connectivity index (χ4n) is 4.24. The smallest absolute Gasteiger partial charge is 0.0540 e. The molecule has 3 heteroatoms. The molecule has 0 radical (unpaired) electrons. The summed E-state index contributed by atoms with van der Waals surface area (Å²) in [5, 5.41) is 8.16. The van der Waals surface area contributed by atoms with Gasteiger partial charge in [-0.15, -0.1) is 0 Å². The van der Waals surface area contributed by atoms with E-state index in [0.717, 1.165) is 24.3 Å². The Bertz CT molecular complexity index is 423. The molecule has 4 atom stereocenters. The van der Waals surface area contributed by atoms with E-state index in [4.69, 9.17) is 0 Å². The van der Waals surface area contributed by atoms with Crippen molar-refractivity contribution in [3.8, 4) is 0 Å². The molecule has 100 valence electrons. The molecular formula is C15H25N3. The lowest BCUT2D eigenvalue weighted by Gasteiger charge is -2.31. The van der Waals surface area contributed by atoms with E-state index in [1.165, 1.54) is 36.9 Å². The zero-order valence-corrected chi connectivity index (χ0v) is 11.8. The average molecular weight is 247 g/mol. The molecule has 2 fully saturated rings. The minimum absolute atomic E-state index is 0.527. The van der Waals surface area contributed by atoms with E-state index in [0.29, 0.717) is 6.04 Å². The molecule has 1 N–H and O–H groups in total. The first kappa shape index (κ1) is 12.2. The van der Waals surface area contributed by atoms with Crippen LogP contribution in [0.5, 0.6) is 0 Å². The molecule has 0 saturated heterocycles. The summed E-state index contributed by atoms with van der Waals surface area (Å²) in [5.41, 5.74) is 2.75. The van der Waals surface area contributed by atoms with Crippen molar-refractivity contribution in [2.75, 3.05) is 6.54 Å². The number of aryl methyl sites for hydroxylation is 1. The number of nitrogens with one attached hydrogen (secondary N) is 1. The molecule has 1 aromatic heterocycles. The molecule has 2 aliphatic carbocycles. The molecule has 0 amide bonds. The maximum Gasteiger partial charge on any atom is 0.0540 e. The first-order chi connectivity index (χ1) is 8.70. The third kappa shape index (κ3) is 1.89. The molecule has 3 nitrogen and oxygen atoms in total. The van der Waals surface area contributed by atoms with Crippen LogP contribution in [0.1, 0.15) is 49.9 Å². The monoisotopic (exact) mass is 247 g/mol. The highest BCUT2D eigenvalue weighted by Crippen LogP contribution is 2.52. The van der Waals surface area contributed by atoms with E-state index in [1.807, 2.05) is 11.7 Å². The average Bonchev–Trinajstić information content (AvgIpc) is 3.05. The molecule has 0 aromatic carbocycles. The van der Waals surface area contributed by atoms with Gasteiger partial charge in [-0.3, -0.25) is 4.68 Å². The van der Waals surface area contributed by atoms with Crippen LogP contribution in [0.2, 0.25) is 0 Å². The topological polar surface area (TPSA) is 29.9 Å². The van der Waals surface area contributed by atoms with Gasteiger partial charge in [-0.25, -0.2) is 0 Å². The van der Waals surface area contributed by atoms with Crippen molar-refractivity contribution in [1.29, 1.82) is 0 Å². The lowest BCUT2D eigenvalue weighted by atomic mass is 9.80. The molecule has 2 bridgehead atoms. The Labute approximate surface area is 110 Å². The Morgan fingerprint density at radius 1 is 1.44 bits per heavy atom. The van der Waals surface area contributed by atoms with Gasteiger partial charge in [0.1, 0.15) is 0 Å². The molecule has 0 aliphatic heterocycles. The largest absolute Gasteiger partial charge is 0.310 e. The van der Waals surface area contributed by atoms with Gasteiger partial charge < -0.3 is 5.32 Å². The Morgan fingerprint density at radius 3 is 2.78 bits per heavy atom. The second-order valence-electron chi connectivity index (χ2n) is 6.18. The highest BCUT2D eigenvalue weighted by Gasteiger charge is 2.43. The summed E-state index contributed by atoms with van der Waals surface area (Å²) in [6.45, 7) is 5.46. The van der Waals surface area contributed by atoms with Gasteiger partial charge in [0, 0.05) is 24.3 Å². The summed E-state index contributed by atoms with van der Waals surface area (Å²) in [5.74, 6) is 2.81. The maximum atomic E-state index is 4.43. The standard InChI is InChI=1S/C15H25N3/c1-4-16-15(14-9-17-18(3)10(14)2)13-8-11-5-6-12(13)7-11/h9,11-13,15-16H,4-8H2,1-3H3. The third-order valence-electron chi connectivity index (χ3n) is 5.25. The predicted octanol–water partition coefficient (Wildman–Crippen LogP) is 2.82. The van der Waals surface area contributed by atoms with Crippen molar-refractivity contribution in [1.82, 2.24) is 15.1 Å². The molecule has 4 unspecified atom stereocenters. The van der Waals surface area contributed by atoms with Crippen LogP contribution in [0.15, 0.2) is 6.20 Å². The first-order valence-electron chi connectivity index (χ1n) is 7.42. The van der Waals surface area contributed by atoms with Gasteiger partial charge in [-0.1, -0.05) is 13.3 Å². The molecule has 1 aromatic rings. The van der Waals surface area contributed by atoms with Crippen LogP contribution in [-0.4, -0.2) is 16.3 Å². The Hall–Kier alpha value is -0.830. The van der Waals surface area contributed by atoms with Crippen LogP contribution in [0, 0.1) is 24.7 Å². The van der Waals surface area contributed by atoms with E-state index >= 15 is 0 Å². The fourth-order valence-corrected chi connectivity index (χ4v) is 4.24. The lowest BCUT2D eigenvalue weighted by molar-refractivity contribution is 0.252. The van der Waals surface area contributed by atoms with E-state index in [1.54, 1.807) is 0 Å². The summed E-state index contributed by atoms with van der Waals surface area (Å²) in [6, 6.07) is 0.527. The highest BCUT2D eigenvalue weighted by atomic mass is 15.3. The van der Waals surface area contributed by atoms with Crippen molar-refractivity contribution in [3.63, 3.8) is 0 Å². The number of hydrogen-bond acceptors (Lipinski definition) is 2. The maximum absolute atomic E-state index is 4.43. The van der Waals surface area contributed by atoms with Crippen LogP contribution >= 0.6 is 0 Å². The number of nitrogens with zero attached hydrogens (tertiary/aromatic N) is 2. The molecular weight excluding hydrogens is 222 g/mol. The minimum Gasteiger partial charge on any atom is -0.310 e. The van der Waals surface area contributed by atoms with Crippen molar-refractivity contribution in [2.45, 2.75) is 45.6 Å². The SMILES string of the molecule is CCNC(c1cnn(C)c1C)C1CC2CCC1C2. The molecule has 1 heterocycles. The van der Waals surface area contributed by atoms with Crippen LogP contribution in [0.25, 0.3) is 0 Å². The van der Waals surface area contributed by atoms with E-state index in [-0.39, 0.29) is 0 Å². The van der Waals surface area contributed by atoms with E-state index in [9.17, 15) is 0 Å². The quantitative estimate of drug-likeness (QED) is 0.886. The summed E-state index contributed by atoms with van der Waals surface area (Å²) in [4.78, 5) is 0. The van der Waals surface area contributed by atoms with Crippen molar-refractivity contribution in [2.24, 2.45) is 24.8 Å². The van der Waals surface area contributed by atoms with Crippen LogP contribution in [-0.2, 0) is 7.05 Å². The first-order valence-corrected chi connectivity index (χ1v) is 7.42. The Balaban J connectivity index is 1.86. The van der Waals surface area contributed by atoms with Gasteiger partial charge >= 0.3 is 0 Å². The zero-order valence-electron chi connectivity index (χ0n) is 11.8. The summed E-state index contributed by atoms with van der Waals surface area (Å²) >= 11 is 0. The molecule has 3 rings (SSSR count). The van der Waals surface area contributed by atoms with Gasteiger partial charge in [0.05, 0.1) is 6.20 Å². The van der Waals surface area contributed by atoms with Gasteiger partial charge in [-0.2, -0.15) is 5.10 Å². The second-order valence-corrected chi connectivity index (χ2v) is 6.18. The summed E-state index contributed by atoms with van der Waals surface area (Å²) in [6.07, 6.45) is 7.92. The van der Waals surface area contributed by atoms with Gasteiger partial charge in [0.2, 0.25) is 0 Å². The predicted molar refractivity (Wildman–Crippen MR) is 73.3 cm³/mol. The number of aromatic nitrogens is 2. The number of hydrogen-bond donors (Lipinski definition) is 1. The van der Waals surface area contributed by atoms with Crippen LogP contribution in [0.4, 0.5) is 0 Å². The third-order valence-corrected chi connectivity index (χ3v) is 5.25. The summed E-state index contributed by atoms with van der Waals surface area (Å²) in [7, 11) is 2.04. The zero-order chi connectivity index (χ0) is 12.7. The van der Waals surface area contributed by atoms with Crippen molar-refractivity contribution >= 4 is 0 Å². The summed E-state index contributed by atoms with van der Waals surface area (Å²) < 4.78 is 2.01. The van der Waals surface area contributed by atoms with Crippen molar-refractivity contribution in [3.05, 3.63) is 17.5 Å². The molecule has 2 aliphatic rings. The minimum atomic E-state index is 0.527. The second kappa shape index (κ2) is 4.69. The lowest BCUT2D eigenvalue weighted by Crippen LogP contribution is -2.31. The highest BCUT2D eigenvalue weighted by molar-refractivity contribution is 5.22. The van der Waals surface area contributed by atoms with E-state index in [2.05, 4.69) is 30.5 Å². The Morgan fingerprint density at radius 2 is 2.28 bits per heavy atom. The van der Waals surface area contributed by atoms with Crippen molar-refractivity contribution < 1.29 is 0 Å². The van der Waals surface area contributed by atoms with E-state index < -0.39 is 0 Å². The fraction of sp³-hybridized carbons (Fsp3) is 0.800. The van der Waals surface area contributed by atoms with Gasteiger partial charge in [-0.05, 0) is 50.5 Å². The van der Waals surface area contributed by atoms with Crippen LogP contribution in [0.3, 0.4) is 0 Å². The number of rotatable bonds is 4. The Kier molecular flexibility index (Phi) is 3.18. The number of fused-ring (bicyclic) bond motifs is 2. The molecule has 18 heavy (non-hydrogen) atoms. The molecule has 0 spiro atoms. The molecule has 2 saturated carbocycles. The van der Waals surface area contributed by atoms with Gasteiger partial charge in [0.25, 0.3) is 0 Å². The van der Waals surface area contributed by atoms with Crippen LogP contribution < -0.4 is 5.32 Å². The van der Waals surface area contributed by atoms with Gasteiger partial charge in [0.15, 0.2) is 0 Å². The normalized spacial score (nSPS) is 32.1.